The minimum Gasteiger partial charge on any atom is -0.295 e. The Bertz CT molecular complexity index is 807. The van der Waals surface area contributed by atoms with Gasteiger partial charge in [-0.05, 0) is 25.5 Å². The number of fused-ring (bicyclic) bond motifs is 1. The molecule has 0 saturated carbocycles. The fourth-order valence-electron chi connectivity index (χ4n) is 2.26. The van der Waals surface area contributed by atoms with Gasteiger partial charge in [0.15, 0.2) is 5.65 Å². The van der Waals surface area contributed by atoms with E-state index in [1.807, 2.05) is 48.7 Å². The van der Waals surface area contributed by atoms with Crippen LogP contribution in [0.1, 0.15) is 11.1 Å². The molecule has 3 rings (SSSR count). The van der Waals surface area contributed by atoms with Crippen LogP contribution in [0.4, 0.5) is 0 Å². The Hall–Kier alpha value is -2.67. The summed E-state index contributed by atoms with van der Waals surface area (Å²) in [4.78, 5) is 9.05. The number of nitrogens with zero attached hydrogens (tertiary/aromatic N) is 4. The maximum Gasteiger partial charge on any atom is 0.161 e. The van der Waals surface area contributed by atoms with Gasteiger partial charge in [0.2, 0.25) is 0 Å². The molecule has 0 fully saturated rings. The second-order valence-electron chi connectivity index (χ2n) is 4.90. The Morgan fingerprint density at radius 3 is 2.60 bits per heavy atom. The highest BCUT2D eigenvalue weighted by Gasteiger charge is 2.13. The molecule has 20 heavy (non-hydrogen) atoms. The third-order valence-electron chi connectivity index (χ3n) is 3.26. The Balaban J connectivity index is 2.26. The lowest BCUT2D eigenvalue weighted by Crippen LogP contribution is -2.00. The lowest BCUT2D eigenvalue weighted by molar-refractivity contribution is 0.858. The number of aromatic nitrogens is 3. The first kappa shape index (κ1) is 12.4. The molecule has 0 aliphatic carbocycles. The molecule has 98 valence electrons. The summed E-state index contributed by atoms with van der Waals surface area (Å²) in [6.45, 7) is 4.28. The molecule has 0 saturated heterocycles. The Morgan fingerprint density at radius 1 is 1.15 bits per heavy atom. The lowest BCUT2D eigenvalue weighted by atomic mass is 10.1. The minimum absolute atomic E-state index is 0.246. The van der Waals surface area contributed by atoms with Crippen LogP contribution in [0.2, 0.25) is 0 Å². The number of hydrogen-bond donors (Lipinski definition) is 0. The van der Waals surface area contributed by atoms with Crippen molar-refractivity contribution in [3.05, 3.63) is 47.7 Å². The summed E-state index contributed by atoms with van der Waals surface area (Å²) in [5, 5.41) is 9.04. The highest BCUT2D eigenvalue weighted by molar-refractivity contribution is 5.77. The molecule has 2 heterocycles. The van der Waals surface area contributed by atoms with Crippen molar-refractivity contribution in [1.82, 2.24) is 14.5 Å². The lowest BCUT2D eigenvalue weighted by Gasteiger charge is -2.04. The van der Waals surface area contributed by atoms with Crippen LogP contribution in [0.5, 0.6) is 0 Å². The van der Waals surface area contributed by atoms with E-state index in [2.05, 4.69) is 16.0 Å². The van der Waals surface area contributed by atoms with Gasteiger partial charge >= 0.3 is 0 Å². The van der Waals surface area contributed by atoms with Gasteiger partial charge in [0.25, 0.3) is 0 Å². The van der Waals surface area contributed by atoms with Crippen molar-refractivity contribution in [2.75, 3.05) is 0 Å². The Labute approximate surface area is 117 Å². The number of imidazole rings is 1. The van der Waals surface area contributed by atoms with Crippen LogP contribution in [0.15, 0.2) is 36.5 Å². The van der Waals surface area contributed by atoms with E-state index in [-0.39, 0.29) is 6.54 Å². The molecule has 0 N–H and O–H groups in total. The van der Waals surface area contributed by atoms with Crippen molar-refractivity contribution in [2.45, 2.75) is 20.4 Å². The van der Waals surface area contributed by atoms with Gasteiger partial charge in [0.05, 0.1) is 6.07 Å². The van der Waals surface area contributed by atoms with Gasteiger partial charge in [0.1, 0.15) is 17.9 Å². The largest absolute Gasteiger partial charge is 0.295 e. The second-order valence-corrected chi connectivity index (χ2v) is 4.90. The number of pyridine rings is 1. The number of rotatable bonds is 2. The average molecular weight is 262 g/mol. The van der Waals surface area contributed by atoms with Crippen LogP contribution < -0.4 is 0 Å². The highest BCUT2D eigenvalue weighted by Crippen LogP contribution is 2.24. The zero-order valence-corrected chi connectivity index (χ0v) is 11.5. The van der Waals surface area contributed by atoms with Crippen LogP contribution in [0.3, 0.4) is 0 Å². The first-order valence-electron chi connectivity index (χ1n) is 6.46. The van der Waals surface area contributed by atoms with E-state index in [9.17, 15) is 0 Å². The molecule has 0 unspecified atom stereocenters. The molecule has 1 aromatic carbocycles. The summed E-state index contributed by atoms with van der Waals surface area (Å²) < 4.78 is 1.86. The Morgan fingerprint density at radius 2 is 1.90 bits per heavy atom. The molecule has 0 amide bonds. The van der Waals surface area contributed by atoms with Crippen LogP contribution in [0.25, 0.3) is 22.6 Å². The average Bonchev–Trinajstić information content (AvgIpc) is 2.78. The molecule has 0 atom stereocenters. The molecule has 3 aromatic rings. The molecule has 0 aliphatic heterocycles. The molecule has 4 heteroatoms. The van der Waals surface area contributed by atoms with Crippen molar-refractivity contribution >= 4 is 11.2 Å². The zero-order chi connectivity index (χ0) is 14.1. The molecule has 0 radical (unpaired) electrons. The van der Waals surface area contributed by atoms with E-state index >= 15 is 0 Å². The van der Waals surface area contributed by atoms with Gasteiger partial charge in [0, 0.05) is 11.8 Å². The summed E-state index contributed by atoms with van der Waals surface area (Å²) in [7, 11) is 0. The quantitative estimate of drug-likeness (QED) is 0.712. The predicted octanol–water partition coefficient (Wildman–Crippen LogP) is 3.24. The van der Waals surface area contributed by atoms with Crippen LogP contribution in [-0.4, -0.2) is 14.5 Å². The molecule has 0 aliphatic rings. The van der Waals surface area contributed by atoms with Crippen molar-refractivity contribution in [2.24, 2.45) is 0 Å². The van der Waals surface area contributed by atoms with Gasteiger partial charge in [-0.2, -0.15) is 5.26 Å². The third kappa shape index (κ3) is 2.04. The van der Waals surface area contributed by atoms with Crippen molar-refractivity contribution in [1.29, 1.82) is 5.26 Å². The van der Waals surface area contributed by atoms with Crippen molar-refractivity contribution in [3.63, 3.8) is 0 Å². The first-order valence-corrected chi connectivity index (χ1v) is 6.46. The number of benzene rings is 1. The summed E-state index contributed by atoms with van der Waals surface area (Å²) >= 11 is 0. The fraction of sp³-hybridized carbons (Fsp3) is 0.188. The molecule has 0 bridgehead atoms. The molecule has 4 nitrogen and oxygen atoms in total. The summed E-state index contributed by atoms with van der Waals surface area (Å²) in [6, 6.07) is 12.3. The second kappa shape index (κ2) is 4.78. The van der Waals surface area contributed by atoms with Crippen molar-refractivity contribution < 1.29 is 0 Å². The normalized spacial score (nSPS) is 10.7. The smallest absolute Gasteiger partial charge is 0.161 e. The van der Waals surface area contributed by atoms with E-state index in [1.54, 1.807) is 6.20 Å². The predicted molar refractivity (Wildman–Crippen MR) is 78.1 cm³/mol. The van der Waals surface area contributed by atoms with E-state index in [0.29, 0.717) is 0 Å². The third-order valence-corrected chi connectivity index (χ3v) is 3.26. The molecule has 0 spiro atoms. The van der Waals surface area contributed by atoms with Crippen LogP contribution >= 0.6 is 0 Å². The summed E-state index contributed by atoms with van der Waals surface area (Å²) in [5.74, 6) is 0.791. The molecule has 2 aromatic heterocycles. The van der Waals surface area contributed by atoms with Crippen molar-refractivity contribution in [3.8, 4) is 17.5 Å². The SMILES string of the molecule is Cc1ccc(-c2nc3cc(C)cnc3n2CC#N)cc1. The highest BCUT2D eigenvalue weighted by atomic mass is 15.1. The zero-order valence-electron chi connectivity index (χ0n) is 11.5. The van der Waals surface area contributed by atoms with Gasteiger partial charge in [-0.25, -0.2) is 9.97 Å². The van der Waals surface area contributed by atoms with E-state index in [0.717, 1.165) is 28.1 Å². The van der Waals surface area contributed by atoms with Gasteiger partial charge in [-0.3, -0.25) is 4.57 Å². The van der Waals surface area contributed by atoms with Gasteiger partial charge < -0.3 is 0 Å². The topological polar surface area (TPSA) is 54.5 Å². The van der Waals surface area contributed by atoms with E-state index < -0.39 is 0 Å². The van der Waals surface area contributed by atoms with Crippen LogP contribution in [-0.2, 0) is 6.54 Å². The number of hydrogen-bond acceptors (Lipinski definition) is 3. The first-order chi connectivity index (χ1) is 9.69. The summed E-state index contributed by atoms with van der Waals surface area (Å²) in [6.07, 6.45) is 1.80. The summed E-state index contributed by atoms with van der Waals surface area (Å²) in [5.41, 5.74) is 4.85. The maximum absolute atomic E-state index is 9.04. The van der Waals surface area contributed by atoms with E-state index in [1.165, 1.54) is 5.56 Å². The Kier molecular flexibility index (Phi) is 2.96. The standard InChI is InChI=1S/C16H14N4/c1-11-3-5-13(6-4-11)15-19-14-9-12(2)10-18-16(14)20(15)8-7-17/h3-6,9-10H,8H2,1-2H3. The number of aryl methyl sites for hydroxylation is 2. The van der Waals surface area contributed by atoms with Crippen LogP contribution in [0, 0.1) is 25.2 Å². The number of nitriles is 1. The van der Waals surface area contributed by atoms with Gasteiger partial charge in [-0.1, -0.05) is 29.8 Å². The van der Waals surface area contributed by atoms with Gasteiger partial charge in [-0.15, -0.1) is 0 Å². The maximum atomic E-state index is 9.04. The minimum atomic E-state index is 0.246. The molecular formula is C16H14N4. The van der Waals surface area contributed by atoms with E-state index in [4.69, 9.17) is 5.26 Å². The monoisotopic (exact) mass is 262 g/mol. The molecular weight excluding hydrogens is 248 g/mol. The fourth-order valence-corrected chi connectivity index (χ4v) is 2.26.